The maximum absolute atomic E-state index is 12.7. The van der Waals surface area contributed by atoms with E-state index in [0.717, 1.165) is 109 Å². The number of carbonyl (C=O) groups is 2. The van der Waals surface area contributed by atoms with E-state index in [0.29, 0.717) is 49.6 Å². The van der Waals surface area contributed by atoms with E-state index in [9.17, 15) is 19.5 Å². The molecule has 0 spiro atoms. The molecule has 0 aliphatic carbocycles. The Labute approximate surface area is 510 Å². The van der Waals surface area contributed by atoms with Gasteiger partial charge in [0.1, 0.15) is 5.69 Å². The third kappa shape index (κ3) is 34.6. The summed E-state index contributed by atoms with van der Waals surface area (Å²) in [6.45, 7) is 8.82. The molecule has 472 valence electrons. The molecule has 0 saturated carbocycles. The number of anilines is 2. The van der Waals surface area contributed by atoms with Crippen molar-refractivity contribution in [3.63, 3.8) is 0 Å². The van der Waals surface area contributed by atoms with Gasteiger partial charge in [-0.15, -0.1) is 5.10 Å². The number of amides is 2. The molecular weight excluding hydrogens is 1060 g/mol. The molecular formula is C68H110N12O5. The minimum Gasteiger partial charge on any atom is -0.379 e. The van der Waals surface area contributed by atoms with Crippen LogP contribution in [0.15, 0.2) is 90.1 Å². The molecule has 3 heterocycles. The second-order valence-corrected chi connectivity index (χ2v) is 23.1. The van der Waals surface area contributed by atoms with Crippen LogP contribution in [0.5, 0.6) is 0 Å². The highest BCUT2D eigenvalue weighted by Gasteiger charge is 2.26. The van der Waals surface area contributed by atoms with Gasteiger partial charge in [-0.25, -0.2) is 9.97 Å². The van der Waals surface area contributed by atoms with Crippen molar-refractivity contribution in [2.45, 2.75) is 251 Å². The average molecular weight is 1180 g/mol. The number of aryl methyl sites for hydroxylation is 1. The van der Waals surface area contributed by atoms with E-state index in [1.165, 1.54) is 122 Å². The molecule has 0 atom stereocenters. The molecule has 0 fully saturated rings. The van der Waals surface area contributed by atoms with E-state index >= 15 is 0 Å². The van der Waals surface area contributed by atoms with Gasteiger partial charge in [0, 0.05) is 50.1 Å². The highest BCUT2D eigenvalue weighted by molar-refractivity contribution is 5.94. The minimum atomic E-state index is -1.03. The van der Waals surface area contributed by atoms with E-state index in [2.05, 4.69) is 121 Å². The summed E-state index contributed by atoms with van der Waals surface area (Å²) in [5, 5.41) is 29.3. The van der Waals surface area contributed by atoms with Crippen LogP contribution >= 0.6 is 0 Å². The smallest absolute Gasteiger partial charge is 0.280 e. The Morgan fingerprint density at radius 3 is 1.86 bits per heavy atom. The van der Waals surface area contributed by atoms with E-state index in [1.54, 1.807) is 24.3 Å². The van der Waals surface area contributed by atoms with Crippen molar-refractivity contribution >= 4 is 34.6 Å². The van der Waals surface area contributed by atoms with Crippen molar-refractivity contribution in [2.75, 3.05) is 44.3 Å². The number of allylic oxidation sites excluding steroid dienone is 8. The zero-order valence-electron chi connectivity index (χ0n) is 52.7. The van der Waals surface area contributed by atoms with E-state index in [4.69, 9.17) is 10.5 Å². The molecule has 0 aliphatic heterocycles. The molecule has 85 heavy (non-hydrogen) atoms. The zero-order valence-corrected chi connectivity index (χ0v) is 52.7. The Bertz CT molecular complexity index is 2510. The molecule has 7 N–H and O–H groups in total. The molecule has 17 nitrogen and oxygen atoms in total. The Morgan fingerprint density at radius 1 is 0.671 bits per heavy atom. The van der Waals surface area contributed by atoms with Crippen molar-refractivity contribution in [1.82, 2.24) is 50.5 Å². The molecule has 3 aromatic heterocycles. The highest BCUT2D eigenvalue weighted by atomic mass is 16.6. The first kappa shape index (κ1) is 71.4. The number of benzene rings is 1. The summed E-state index contributed by atoms with van der Waals surface area (Å²) in [5.74, 6) is -1.39. The molecule has 4 aromatic rings. The summed E-state index contributed by atoms with van der Waals surface area (Å²) in [7, 11) is 2.19. The van der Waals surface area contributed by atoms with Gasteiger partial charge in [0.25, 0.3) is 11.5 Å². The van der Waals surface area contributed by atoms with Crippen LogP contribution in [0.4, 0.5) is 11.6 Å². The van der Waals surface area contributed by atoms with Crippen molar-refractivity contribution in [3.05, 3.63) is 113 Å². The van der Waals surface area contributed by atoms with E-state index in [1.807, 2.05) is 10.9 Å². The van der Waals surface area contributed by atoms with Crippen molar-refractivity contribution in [2.24, 2.45) is 0 Å². The Morgan fingerprint density at radius 2 is 1.24 bits per heavy atom. The van der Waals surface area contributed by atoms with Gasteiger partial charge in [0.2, 0.25) is 11.9 Å². The van der Waals surface area contributed by atoms with E-state index < -0.39 is 11.3 Å². The van der Waals surface area contributed by atoms with Gasteiger partial charge in [0.05, 0.1) is 37.8 Å². The fourth-order valence-corrected chi connectivity index (χ4v) is 10.1. The topological polar surface area (TPSA) is 231 Å². The highest BCUT2D eigenvalue weighted by Crippen LogP contribution is 2.26. The monoisotopic (exact) mass is 1170 g/mol. The number of ether oxygens (including phenoxy) is 1. The summed E-state index contributed by atoms with van der Waals surface area (Å²) in [6, 6.07) is 6.98. The molecule has 1 aromatic carbocycles. The predicted octanol–water partition coefficient (Wildman–Crippen LogP) is 14.3. The summed E-state index contributed by atoms with van der Waals surface area (Å²) >= 11 is 0. The fraction of sp³-hybridized carbons (Fsp3) is 0.647. The number of aromatic amines is 1. The quantitative estimate of drug-likeness (QED) is 0.0137. The molecule has 4 rings (SSSR count). The second kappa shape index (κ2) is 46.2. The molecule has 0 radical (unpaired) electrons. The van der Waals surface area contributed by atoms with Crippen LogP contribution < -0.4 is 27.2 Å². The Balaban J connectivity index is 1.01. The number of nitrogens with zero attached hydrogens (tertiary/aromatic N) is 7. The van der Waals surface area contributed by atoms with Gasteiger partial charge in [-0.2, -0.15) is 4.98 Å². The van der Waals surface area contributed by atoms with Crippen LogP contribution in [-0.2, 0) is 29.2 Å². The van der Waals surface area contributed by atoms with Crippen LogP contribution in [0, 0.1) is 0 Å². The first-order chi connectivity index (χ1) is 41.6. The van der Waals surface area contributed by atoms with Crippen LogP contribution in [0.3, 0.4) is 0 Å². The molecule has 2 amide bonds. The fourth-order valence-electron chi connectivity index (χ4n) is 10.1. The molecule has 0 unspecified atom stereocenters. The number of fused-ring (bicyclic) bond motifs is 1. The maximum Gasteiger partial charge on any atom is 0.280 e. The number of H-pyrrole nitrogens is 1. The van der Waals surface area contributed by atoms with Crippen molar-refractivity contribution in [3.8, 4) is 0 Å². The number of nitrogens with one attached hydrogen (secondary N) is 4. The summed E-state index contributed by atoms with van der Waals surface area (Å²) in [5.41, 5.74) is 7.91. The molecule has 0 saturated heterocycles. The van der Waals surface area contributed by atoms with Crippen LogP contribution in [0.1, 0.15) is 247 Å². The number of hydrogen-bond donors (Lipinski definition) is 6. The Kier molecular flexibility index (Phi) is 38.8. The molecule has 0 aliphatic rings. The standard InChI is InChI=1S/C68H110N12O5/c1-4-6-8-10-12-14-16-18-20-22-24-26-28-30-32-36-47-68(84,48-37-33-31-29-27-25-23-21-19-17-15-13-11-9-7-5-2)85-53-41-51-79(3)50-38-34-35-39-52-80-57-61(77-78-80)56-72-62(81)42-40-49-70-65(82)58-43-45-59(46-44-58)71-54-60-55-73-64-63(74-60)66(83)76-67(69)75-64/h12-15,18-21,43-46,55,57,71,84H,4-11,16-17,22-42,47-54,56H2,1-3H3,(H,70,82)(H,72,81)(H3,69,73,75,76,83)/b14-12-,15-13-,20-18-,21-19-. The lowest BCUT2D eigenvalue weighted by Gasteiger charge is -2.29. The van der Waals surface area contributed by atoms with Crippen LogP contribution in [0.2, 0.25) is 0 Å². The zero-order chi connectivity index (χ0) is 60.7. The third-order valence-corrected chi connectivity index (χ3v) is 15.3. The van der Waals surface area contributed by atoms with E-state index in [-0.39, 0.29) is 35.3 Å². The average Bonchev–Trinajstić information content (AvgIpc) is 3.45. The third-order valence-electron chi connectivity index (χ3n) is 15.3. The first-order valence-corrected chi connectivity index (χ1v) is 33.0. The van der Waals surface area contributed by atoms with Gasteiger partial charge >= 0.3 is 0 Å². The number of aromatic nitrogens is 7. The predicted molar refractivity (Wildman–Crippen MR) is 349 cm³/mol. The van der Waals surface area contributed by atoms with Gasteiger partial charge in [0.15, 0.2) is 17.0 Å². The van der Waals surface area contributed by atoms with Gasteiger partial charge < -0.3 is 36.4 Å². The largest absolute Gasteiger partial charge is 0.379 e. The number of nitrogens with two attached hydrogens (primary N) is 1. The lowest BCUT2D eigenvalue weighted by Crippen LogP contribution is -2.33. The Hall–Kier alpha value is -6.04. The first-order valence-electron chi connectivity index (χ1n) is 33.0. The second-order valence-electron chi connectivity index (χ2n) is 23.1. The van der Waals surface area contributed by atoms with Crippen molar-refractivity contribution in [1.29, 1.82) is 0 Å². The van der Waals surface area contributed by atoms with Crippen LogP contribution in [-0.4, -0.2) is 95.8 Å². The summed E-state index contributed by atoms with van der Waals surface area (Å²) in [6.07, 6.45) is 58.6. The number of unbranched alkanes of at least 4 members (excludes halogenated alkanes) is 21. The maximum atomic E-state index is 12.7. The SMILES string of the molecule is CCCCC/C=C\C/C=C\CCCCCCCCC(O)(CCCCCCCC/C=C\C/C=C\CCCCC)OCCCN(C)CCCCCCn1cc(CNC(=O)CCCNC(=O)c2ccc(NCc3cnc4nc(N)[nH]c(=O)c4n3)cc2)nn1. The number of hydrogen-bond acceptors (Lipinski definition) is 13. The number of aliphatic hydroxyl groups is 1. The number of rotatable bonds is 52. The van der Waals surface area contributed by atoms with Crippen LogP contribution in [0.25, 0.3) is 11.2 Å². The number of nitrogen functional groups attached to an aromatic ring is 1. The summed E-state index contributed by atoms with van der Waals surface area (Å²) in [4.78, 5) is 54.8. The molecule has 17 heteroatoms. The minimum absolute atomic E-state index is 0.0187. The van der Waals surface area contributed by atoms with Gasteiger partial charge in [-0.3, -0.25) is 24.0 Å². The number of carbonyl (C=O) groups excluding carboxylic acids is 2. The lowest BCUT2D eigenvalue weighted by molar-refractivity contribution is -0.214. The molecule has 0 bridgehead atoms. The summed E-state index contributed by atoms with van der Waals surface area (Å²) < 4.78 is 8.21. The van der Waals surface area contributed by atoms with Crippen molar-refractivity contribution < 1.29 is 19.4 Å². The lowest BCUT2D eigenvalue weighted by atomic mass is 9.98. The van der Waals surface area contributed by atoms with Gasteiger partial charge in [-0.05, 0) is 141 Å². The normalized spacial score (nSPS) is 12.2. The van der Waals surface area contributed by atoms with Gasteiger partial charge in [-0.1, -0.05) is 158 Å².